The Kier molecular flexibility index (Phi) is 4.02. The Bertz CT molecular complexity index is 413. The number of benzene rings is 1. The maximum Gasteiger partial charge on any atom is 0.246 e. The van der Waals surface area contributed by atoms with E-state index in [1.54, 1.807) is 0 Å². The first kappa shape index (κ1) is 12.4. The van der Waals surface area contributed by atoms with Crippen molar-refractivity contribution in [2.75, 3.05) is 6.61 Å². The lowest BCUT2D eigenvalue weighted by molar-refractivity contribution is -0.136. The molecule has 90 valence electrons. The predicted octanol–water partition coefficient (Wildman–Crippen LogP) is 3.69. The first-order valence-corrected chi connectivity index (χ1v) is 6.56. The SMILES string of the molecule is CCOC1(Oc2ccccc2)C=CC=CC1Br. The molecule has 1 aromatic carbocycles. The highest BCUT2D eigenvalue weighted by Crippen LogP contribution is 2.31. The van der Waals surface area contributed by atoms with E-state index in [1.807, 2.05) is 61.6 Å². The third kappa shape index (κ3) is 2.79. The molecule has 0 N–H and O–H groups in total. The van der Waals surface area contributed by atoms with Crippen LogP contribution in [0.2, 0.25) is 0 Å². The average molecular weight is 295 g/mol. The van der Waals surface area contributed by atoms with E-state index in [4.69, 9.17) is 9.47 Å². The summed E-state index contributed by atoms with van der Waals surface area (Å²) in [5, 5.41) is 0. The fraction of sp³-hybridized carbons (Fsp3) is 0.286. The number of rotatable bonds is 4. The quantitative estimate of drug-likeness (QED) is 0.623. The maximum atomic E-state index is 5.99. The number of ether oxygens (including phenoxy) is 2. The summed E-state index contributed by atoms with van der Waals surface area (Å²) in [6.07, 6.45) is 7.86. The fourth-order valence-electron chi connectivity index (χ4n) is 1.72. The van der Waals surface area contributed by atoms with E-state index < -0.39 is 5.79 Å². The van der Waals surface area contributed by atoms with Crippen molar-refractivity contribution < 1.29 is 9.47 Å². The average Bonchev–Trinajstić information content (AvgIpc) is 2.35. The Hall–Kier alpha value is -1.06. The topological polar surface area (TPSA) is 18.5 Å². The van der Waals surface area contributed by atoms with E-state index in [2.05, 4.69) is 15.9 Å². The molecule has 2 nitrogen and oxygen atoms in total. The van der Waals surface area contributed by atoms with Gasteiger partial charge in [0.25, 0.3) is 0 Å². The van der Waals surface area contributed by atoms with Gasteiger partial charge in [-0.15, -0.1) is 0 Å². The molecule has 2 unspecified atom stereocenters. The van der Waals surface area contributed by atoms with Gasteiger partial charge in [0, 0.05) is 6.61 Å². The van der Waals surface area contributed by atoms with E-state index in [0.717, 1.165) is 5.75 Å². The molecule has 0 bridgehead atoms. The van der Waals surface area contributed by atoms with Gasteiger partial charge in [0.1, 0.15) is 10.6 Å². The number of alkyl halides is 1. The fourth-order valence-corrected chi connectivity index (χ4v) is 2.28. The minimum absolute atomic E-state index is 0.000145. The smallest absolute Gasteiger partial charge is 0.246 e. The summed E-state index contributed by atoms with van der Waals surface area (Å²) in [6.45, 7) is 2.55. The summed E-state index contributed by atoms with van der Waals surface area (Å²) in [5.74, 6) is 0.0375. The molecule has 1 aromatic rings. The highest BCUT2D eigenvalue weighted by Gasteiger charge is 2.38. The van der Waals surface area contributed by atoms with Crippen molar-refractivity contribution in [2.24, 2.45) is 0 Å². The van der Waals surface area contributed by atoms with E-state index in [9.17, 15) is 0 Å². The van der Waals surface area contributed by atoms with Gasteiger partial charge in [-0.2, -0.15) is 0 Å². The van der Waals surface area contributed by atoms with Gasteiger partial charge in [-0.3, -0.25) is 0 Å². The molecule has 1 aliphatic carbocycles. The van der Waals surface area contributed by atoms with Crippen LogP contribution in [0.5, 0.6) is 5.75 Å². The van der Waals surface area contributed by atoms with E-state index in [-0.39, 0.29) is 4.83 Å². The van der Waals surface area contributed by atoms with Crippen molar-refractivity contribution in [1.82, 2.24) is 0 Å². The highest BCUT2D eigenvalue weighted by atomic mass is 79.9. The van der Waals surface area contributed by atoms with Crippen LogP contribution in [0.25, 0.3) is 0 Å². The monoisotopic (exact) mass is 294 g/mol. The van der Waals surface area contributed by atoms with Gasteiger partial charge in [0.15, 0.2) is 0 Å². The molecule has 0 amide bonds. The number of hydrogen-bond donors (Lipinski definition) is 0. The lowest BCUT2D eigenvalue weighted by Crippen LogP contribution is -2.45. The van der Waals surface area contributed by atoms with Crippen LogP contribution in [0, 0.1) is 0 Å². The molecule has 17 heavy (non-hydrogen) atoms. The third-order valence-corrected chi connectivity index (χ3v) is 3.44. The standard InChI is InChI=1S/C14H15BrO2/c1-2-16-14(11-7-6-10-13(14)15)17-12-8-4-3-5-9-12/h3-11,13H,2H2,1H3. The predicted molar refractivity (Wildman–Crippen MR) is 72.4 cm³/mol. The molecule has 0 saturated carbocycles. The Labute approximate surface area is 110 Å². The molecule has 0 spiro atoms. The van der Waals surface area contributed by atoms with Gasteiger partial charge in [-0.25, -0.2) is 0 Å². The summed E-state index contributed by atoms with van der Waals surface area (Å²) in [7, 11) is 0. The van der Waals surface area contributed by atoms with Gasteiger partial charge < -0.3 is 9.47 Å². The second-order valence-corrected chi connectivity index (χ2v) is 4.70. The summed E-state index contributed by atoms with van der Waals surface area (Å²) in [6, 6.07) is 9.70. The van der Waals surface area contributed by atoms with Crippen LogP contribution in [0.3, 0.4) is 0 Å². The number of allylic oxidation sites excluding steroid dienone is 2. The lowest BCUT2D eigenvalue weighted by Gasteiger charge is -2.35. The van der Waals surface area contributed by atoms with Crippen LogP contribution in [0.1, 0.15) is 6.92 Å². The maximum absolute atomic E-state index is 5.99. The number of para-hydroxylation sites is 1. The normalized spacial score (nSPS) is 27.1. The minimum Gasteiger partial charge on any atom is -0.457 e. The zero-order chi connectivity index (χ0) is 12.1. The van der Waals surface area contributed by atoms with E-state index in [1.165, 1.54) is 0 Å². The minimum atomic E-state index is -0.759. The molecule has 0 radical (unpaired) electrons. The van der Waals surface area contributed by atoms with E-state index >= 15 is 0 Å². The highest BCUT2D eigenvalue weighted by molar-refractivity contribution is 9.09. The molecule has 1 aliphatic rings. The van der Waals surface area contributed by atoms with E-state index in [0.29, 0.717) is 6.61 Å². The molecule has 2 rings (SSSR count). The summed E-state index contributed by atoms with van der Waals surface area (Å²) >= 11 is 3.58. The zero-order valence-corrected chi connectivity index (χ0v) is 11.3. The summed E-state index contributed by atoms with van der Waals surface area (Å²) in [5.41, 5.74) is 0. The summed E-state index contributed by atoms with van der Waals surface area (Å²) in [4.78, 5) is 0.000145. The van der Waals surface area contributed by atoms with Crippen LogP contribution in [0.15, 0.2) is 54.6 Å². The molecule has 0 saturated heterocycles. The van der Waals surface area contributed by atoms with Gasteiger partial charge in [-0.1, -0.05) is 52.4 Å². The van der Waals surface area contributed by atoms with Crippen molar-refractivity contribution in [3.8, 4) is 5.75 Å². The first-order valence-electron chi connectivity index (χ1n) is 5.65. The van der Waals surface area contributed by atoms with Gasteiger partial charge >= 0.3 is 0 Å². The van der Waals surface area contributed by atoms with Crippen LogP contribution in [-0.4, -0.2) is 17.2 Å². The second kappa shape index (κ2) is 5.52. The largest absolute Gasteiger partial charge is 0.457 e. The Morgan fingerprint density at radius 1 is 1.24 bits per heavy atom. The molecule has 0 fully saturated rings. The second-order valence-electron chi connectivity index (χ2n) is 3.72. The van der Waals surface area contributed by atoms with Gasteiger partial charge in [0.05, 0.1) is 0 Å². The Morgan fingerprint density at radius 3 is 2.65 bits per heavy atom. The van der Waals surface area contributed by atoms with Crippen LogP contribution in [-0.2, 0) is 4.74 Å². The number of hydrogen-bond acceptors (Lipinski definition) is 2. The molecule has 0 aliphatic heterocycles. The lowest BCUT2D eigenvalue weighted by atomic mass is 10.1. The van der Waals surface area contributed by atoms with Gasteiger partial charge in [-0.05, 0) is 25.1 Å². The van der Waals surface area contributed by atoms with Crippen molar-refractivity contribution in [3.05, 3.63) is 54.6 Å². The zero-order valence-electron chi connectivity index (χ0n) is 9.68. The molecule has 0 heterocycles. The number of halogens is 1. The molecule has 2 atom stereocenters. The van der Waals surface area contributed by atoms with Crippen molar-refractivity contribution in [2.45, 2.75) is 17.5 Å². The Balaban J connectivity index is 2.23. The molecule has 3 heteroatoms. The van der Waals surface area contributed by atoms with Crippen molar-refractivity contribution in [3.63, 3.8) is 0 Å². The van der Waals surface area contributed by atoms with Crippen LogP contribution in [0.4, 0.5) is 0 Å². The molecular formula is C14H15BrO2. The third-order valence-electron chi connectivity index (χ3n) is 2.49. The molecular weight excluding hydrogens is 280 g/mol. The molecule has 0 aromatic heterocycles. The van der Waals surface area contributed by atoms with Gasteiger partial charge in [0.2, 0.25) is 5.79 Å². The Morgan fingerprint density at radius 2 is 2.00 bits per heavy atom. The van der Waals surface area contributed by atoms with Crippen LogP contribution >= 0.6 is 15.9 Å². The first-order chi connectivity index (χ1) is 8.27. The van der Waals surface area contributed by atoms with Crippen molar-refractivity contribution >= 4 is 15.9 Å². The van der Waals surface area contributed by atoms with Crippen LogP contribution < -0.4 is 4.74 Å². The summed E-state index contributed by atoms with van der Waals surface area (Å²) < 4.78 is 11.8. The van der Waals surface area contributed by atoms with Crippen molar-refractivity contribution in [1.29, 1.82) is 0 Å².